The van der Waals surface area contributed by atoms with E-state index in [0.29, 0.717) is 33.3 Å². The van der Waals surface area contributed by atoms with Gasteiger partial charge < -0.3 is 14.2 Å². The van der Waals surface area contributed by atoms with E-state index in [4.69, 9.17) is 14.2 Å². The van der Waals surface area contributed by atoms with Gasteiger partial charge in [-0.3, -0.25) is 4.57 Å². The quantitative estimate of drug-likeness (QED) is 0.254. The maximum Gasteiger partial charge on any atom is 0.338 e. The van der Waals surface area contributed by atoms with Gasteiger partial charge in [0.15, 0.2) is 5.65 Å². The van der Waals surface area contributed by atoms with Crippen LogP contribution in [0.2, 0.25) is 0 Å². The Balaban J connectivity index is 1.36. The van der Waals surface area contributed by atoms with E-state index in [0.717, 1.165) is 11.1 Å². The molecule has 0 saturated carbocycles. The molecule has 3 heterocycles. The van der Waals surface area contributed by atoms with Crippen LogP contribution in [-0.2, 0) is 14.2 Å². The highest BCUT2D eigenvalue weighted by atomic mass is 79.9. The van der Waals surface area contributed by atoms with Gasteiger partial charge in [0.2, 0.25) is 0 Å². The summed E-state index contributed by atoms with van der Waals surface area (Å²) in [4.78, 5) is 38.2. The minimum atomic E-state index is -0.681. The van der Waals surface area contributed by atoms with Crippen molar-refractivity contribution in [3.8, 4) is 0 Å². The van der Waals surface area contributed by atoms with E-state index in [-0.39, 0.29) is 6.61 Å². The average molecular weight is 551 g/mol. The van der Waals surface area contributed by atoms with Gasteiger partial charge in [0.05, 0.1) is 17.5 Å². The Labute approximate surface area is 215 Å². The van der Waals surface area contributed by atoms with Crippen LogP contribution in [0.3, 0.4) is 0 Å². The van der Waals surface area contributed by atoms with Crippen LogP contribution in [0.4, 0.5) is 0 Å². The van der Waals surface area contributed by atoms with Crippen LogP contribution in [0.15, 0.2) is 65.8 Å². The molecule has 2 aromatic heterocycles. The molecule has 0 spiro atoms. The summed E-state index contributed by atoms with van der Waals surface area (Å²) in [5.74, 6) is -0.950. The number of fused-ring (bicyclic) bond motifs is 1. The van der Waals surface area contributed by atoms with E-state index < -0.39 is 30.4 Å². The van der Waals surface area contributed by atoms with Gasteiger partial charge in [0.25, 0.3) is 0 Å². The molecular weight excluding hydrogens is 528 g/mol. The van der Waals surface area contributed by atoms with E-state index in [1.807, 2.05) is 38.1 Å². The van der Waals surface area contributed by atoms with Crippen molar-refractivity contribution >= 4 is 39.0 Å². The average Bonchev–Trinajstić information content (AvgIpc) is 3.48. The Bertz CT molecular complexity index is 1400. The molecule has 0 radical (unpaired) electrons. The summed E-state index contributed by atoms with van der Waals surface area (Å²) in [7, 11) is 0. The third kappa shape index (κ3) is 5.00. The molecule has 4 aromatic rings. The molecule has 0 bridgehead atoms. The summed E-state index contributed by atoms with van der Waals surface area (Å²) in [6.07, 6.45) is 1.48. The third-order valence-corrected chi connectivity index (χ3v) is 6.60. The first-order chi connectivity index (χ1) is 17.4. The summed E-state index contributed by atoms with van der Waals surface area (Å²) in [6, 6.07) is 14.2. The number of hydrogen-bond donors (Lipinski definition) is 0. The first kappa shape index (κ1) is 24.1. The van der Waals surface area contributed by atoms with E-state index in [1.165, 1.54) is 6.33 Å². The largest absolute Gasteiger partial charge is 0.459 e. The number of rotatable bonds is 6. The maximum absolute atomic E-state index is 12.9. The number of nitrogens with zero attached hydrogens (tertiary/aromatic N) is 4. The van der Waals surface area contributed by atoms with Crippen molar-refractivity contribution in [3.63, 3.8) is 0 Å². The molecule has 0 unspecified atom stereocenters. The number of ether oxygens (including phenoxy) is 3. The molecular formula is C26H23BrN4O5. The van der Waals surface area contributed by atoms with Gasteiger partial charge in [-0.25, -0.2) is 24.5 Å². The number of halogens is 1. The minimum Gasteiger partial charge on any atom is -0.459 e. The second-order valence-corrected chi connectivity index (χ2v) is 9.38. The fraction of sp³-hybridized carbons (Fsp3) is 0.269. The first-order valence-electron chi connectivity index (χ1n) is 11.4. The summed E-state index contributed by atoms with van der Waals surface area (Å²) < 4.78 is 20.0. The Morgan fingerprint density at radius 2 is 1.61 bits per heavy atom. The molecule has 5 rings (SSSR count). The van der Waals surface area contributed by atoms with Crippen molar-refractivity contribution in [1.82, 2.24) is 19.5 Å². The molecule has 184 valence electrons. The number of esters is 2. The van der Waals surface area contributed by atoms with Gasteiger partial charge >= 0.3 is 11.9 Å². The first-order valence-corrected chi connectivity index (χ1v) is 12.2. The summed E-state index contributed by atoms with van der Waals surface area (Å²) in [5.41, 5.74) is 4.11. The normalized spacial score (nSPS) is 19.4. The highest BCUT2D eigenvalue weighted by Crippen LogP contribution is 2.35. The molecule has 1 aliphatic heterocycles. The van der Waals surface area contributed by atoms with E-state index >= 15 is 0 Å². The number of benzene rings is 2. The van der Waals surface area contributed by atoms with Gasteiger partial charge in [-0.2, -0.15) is 0 Å². The van der Waals surface area contributed by atoms with Gasteiger partial charge in [-0.15, -0.1) is 0 Å². The molecule has 0 N–H and O–H groups in total. The Kier molecular flexibility index (Phi) is 6.80. The number of imidazole rings is 1. The lowest BCUT2D eigenvalue weighted by atomic mass is 10.1. The van der Waals surface area contributed by atoms with E-state index in [2.05, 4.69) is 30.9 Å². The van der Waals surface area contributed by atoms with Crippen molar-refractivity contribution in [2.75, 3.05) is 6.61 Å². The molecule has 2 aromatic carbocycles. The Morgan fingerprint density at radius 3 is 2.28 bits per heavy atom. The van der Waals surface area contributed by atoms with E-state index in [9.17, 15) is 9.59 Å². The topological polar surface area (TPSA) is 105 Å². The second kappa shape index (κ2) is 10.2. The predicted molar refractivity (Wildman–Crippen MR) is 133 cm³/mol. The predicted octanol–water partition coefficient (Wildman–Crippen LogP) is 4.58. The number of carbonyl (C=O) groups is 2. The van der Waals surface area contributed by atoms with Crippen LogP contribution in [0.1, 0.15) is 44.5 Å². The zero-order chi connectivity index (χ0) is 25.2. The van der Waals surface area contributed by atoms with Crippen molar-refractivity contribution in [2.45, 2.75) is 38.7 Å². The van der Waals surface area contributed by atoms with Crippen molar-refractivity contribution < 1.29 is 23.8 Å². The molecule has 36 heavy (non-hydrogen) atoms. The van der Waals surface area contributed by atoms with Crippen molar-refractivity contribution in [2.24, 2.45) is 0 Å². The molecule has 1 saturated heterocycles. The Morgan fingerprint density at radius 1 is 0.972 bits per heavy atom. The summed E-state index contributed by atoms with van der Waals surface area (Å²) in [5, 5.41) is 0. The lowest BCUT2D eigenvalue weighted by Crippen LogP contribution is -2.32. The molecule has 3 atom stereocenters. The minimum absolute atomic E-state index is 0.0840. The highest BCUT2D eigenvalue weighted by molar-refractivity contribution is 9.10. The number of hydrogen-bond acceptors (Lipinski definition) is 8. The van der Waals surface area contributed by atoms with Gasteiger partial charge in [0, 0.05) is 6.42 Å². The summed E-state index contributed by atoms with van der Waals surface area (Å²) >= 11 is 3.44. The standard InChI is InChI=1S/C26H23BrN4O5/c1-15-3-7-17(8-4-15)25(32)34-12-20-19(36-26(33)18-9-5-16(2)6-10-18)11-21(35-20)31-14-30-24-22(31)23(27)28-13-29-24/h3-10,13-14,19-21H,11-12H2,1-2H3/t19-,20+,21-/m0/s1. The summed E-state index contributed by atoms with van der Waals surface area (Å²) in [6.45, 7) is 3.80. The lowest BCUT2D eigenvalue weighted by Gasteiger charge is -2.19. The van der Waals surface area contributed by atoms with Crippen LogP contribution in [0.25, 0.3) is 11.2 Å². The van der Waals surface area contributed by atoms with Crippen molar-refractivity contribution in [1.29, 1.82) is 0 Å². The molecule has 1 aliphatic rings. The van der Waals surface area contributed by atoms with Crippen LogP contribution in [0.5, 0.6) is 0 Å². The van der Waals surface area contributed by atoms with Crippen LogP contribution in [0, 0.1) is 13.8 Å². The van der Waals surface area contributed by atoms with Crippen LogP contribution < -0.4 is 0 Å². The van der Waals surface area contributed by atoms with Crippen LogP contribution in [-0.4, -0.2) is 50.3 Å². The Hall–Kier alpha value is -3.63. The van der Waals surface area contributed by atoms with Gasteiger partial charge in [-0.1, -0.05) is 35.4 Å². The number of carbonyl (C=O) groups excluding carboxylic acids is 2. The zero-order valence-electron chi connectivity index (χ0n) is 19.6. The van der Waals surface area contributed by atoms with Gasteiger partial charge in [-0.05, 0) is 54.0 Å². The molecule has 1 fully saturated rings. The number of aromatic nitrogens is 4. The van der Waals surface area contributed by atoms with Crippen molar-refractivity contribution in [3.05, 3.63) is 88.0 Å². The smallest absolute Gasteiger partial charge is 0.338 e. The molecule has 0 amide bonds. The fourth-order valence-corrected chi connectivity index (χ4v) is 4.50. The molecule has 10 heteroatoms. The zero-order valence-corrected chi connectivity index (χ0v) is 21.2. The molecule has 0 aliphatic carbocycles. The second-order valence-electron chi connectivity index (χ2n) is 8.63. The monoisotopic (exact) mass is 550 g/mol. The highest BCUT2D eigenvalue weighted by Gasteiger charge is 2.40. The molecule has 9 nitrogen and oxygen atoms in total. The van der Waals surface area contributed by atoms with E-state index in [1.54, 1.807) is 35.2 Å². The maximum atomic E-state index is 12.9. The van der Waals surface area contributed by atoms with Gasteiger partial charge in [0.1, 0.15) is 41.5 Å². The lowest BCUT2D eigenvalue weighted by molar-refractivity contribution is -0.0562. The SMILES string of the molecule is Cc1ccc(C(=O)OC[C@H]2O[C@H](n3cnc4ncnc(Br)c43)C[C@@H]2OC(=O)c2ccc(C)cc2)cc1. The fourth-order valence-electron chi connectivity index (χ4n) is 4.03. The third-order valence-electron chi connectivity index (χ3n) is 6.02. The van der Waals surface area contributed by atoms with Crippen LogP contribution >= 0.6 is 15.9 Å². The number of aryl methyl sites for hydroxylation is 2.